The van der Waals surface area contributed by atoms with E-state index in [4.69, 9.17) is 9.84 Å². The second-order valence-electron chi connectivity index (χ2n) is 2.53. The van der Waals surface area contributed by atoms with Gasteiger partial charge < -0.3 is 14.7 Å². The van der Waals surface area contributed by atoms with E-state index in [2.05, 4.69) is 0 Å². The van der Waals surface area contributed by atoms with Crippen LogP contribution in [0.15, 0.2) is 0 Å². The van der Waals surface area contributed by atoms with E-state index in [1.807, 2.05) is 6.92 Å². The van der Waals surface area contributed by atoms with Crippen LogP contribution < -0.4 is 0 Å². The molecule has 0 aromatic rings. The van der Waals surface area contributed by atoms with Crippen molar-refractivity contribution >= 4 is 5.91 Å². The van der Waals surface area contributed by atoms with Gasteiger partial charge in [0.2, 0.25) is 5.91 Å². The van der Waals surface area contributed by atoms with Crippen molar-refractivity contribution in [3.63, 3.8) is 0 Å². The van der Waals surface area contributed by atoms with Crippen molar-refractivity contribution in [1.29, 1.82) is 0 Å². The van der Waals surface area contributed by atoms with E-state index in [0.717, 1.165) is 0 Å². The number of carbonyl (C=O) groups excluding carboxylic acids is 1. The molecule has 0 aromatic carbocycles. The molecule has 1 heterocycles. The molecule has 0 bridgehead atoms. The van der Waals surface area contributed by atoms with Crippen LogP contribution in [0.1, 0.15) is 6.92 Å². The number of nitrogens with zero attached hydrogens (tertiary/aromatic N) is 1. The average molecular weight is 159 g/mol. The van der Waals surface area contributed by atoms with E-state index >= 15 is 0 Å². The Morgan fingerprint density at radius 3 is 3.00 bits per heavy atom. The predicted octanol–water partition coefficient (Wildman–Crippen LogP) is -0.774. The molecule has 4 nitrogen and oxygen atoms in total. The van der Waals surface area contributed by atoms with Crippen molar-refractivity contribution in [2.45, 2.75) is 13.0 Å². The van der Waals surface area contributed by atoms with E-state index in [0.29, 0.717) is 13.2 Å². The Balaban J connectivity index is 2.56. The third kappa shape index (κ3) is 1.70. The van der Waals surface area contributed by atoms with Gasteiger partial charge in [0.25, 0.3) is 0 Å². The molecule has 0 aliphatic carbocycles. The summed E-state index contributed by atoms with van der Waals surface area (Å²) in [6.07, 6.45) is 0. The van der Waals surface area contributed by atoms with Crippen molar-refractivity contribution < 1.29 is 14.6 Å². The monoisotopic (exact) mass is 159 g/mol. The zero-order valence-electron chi connectivity index (χ0n) is 6.62. The van der Waals surface area contributed by atoms with Crippen LogP contribution in [0.2, 0.25) is 0 Å². The van der Waals surface area contributed by atoms with Gasteiger partial charge in [-0.1, -0.05) is 0 Å². The minimum Gasteiger partial charge on any atom is -0.394 e. The molecule has 0 spiro atoms. The van der Waals surface area contributed by atoms with Crippen LogP contribution in [0.4, 0.5) is 0 Å². The molecule has 0 aromatic heterocycles. The molecular weight excluding hydrogens is 146 g/mol. The van der Waals surface area contributed by atoms with Crippen LogP contribution in [0.5, 0.6) is 0 Å². The lowest BCUT2D eigenvalue weighted by Crippen LogP contribution is -2.50. The average Bonchev–Trinajstić information content (AvgIpc) is 2.04. The van der Waals surface area contributed by atoms with Gasteiger partial charge in [0, 0.05) is 6.54 Å². The number of rotatable bonds is 2. The number of amides is 1. The van der Waals surface area contributed by atoms with Crippen LogP contribution in [0.3, 0.4) is 0 Å². The molecule has 4 heteroatoms. The SMILES string of the molecule is CCN1C(=O)COCC1CO. The summed E-state index contributed by atoms with van der Waals surface area (Å²) in [7, 11) is 0. The van der Waals surface area contributed by atoms with E-state index in [-0.39, 0.29) is 25.2 Å². The molecule has 1 atom stereocenters. The maximum Gasteiger partial charge on any atom is 0.248 e. The lowest BCUT2D eigenvalue weighted by atomic mass is 10.2. The Morgan fingerprint density at radius 2 is 2.55 bits per heavy atom. The van der Waals surface area contributed by atoms with Crippen molar-refractivity contribution in [3.8, 4) is 0 Å². The van der Waals surface area contributed by atoms with Gasteiger partial charge >= 0.3 is 0 Å². The number of ether oxygens (including phenoxy) is 1. The first-order valence-electron chi connectivity index (χ1n) is 3.77. The quantitative estimate of drug-likeness (QED) is 0.575. The van der Waals surface area contributed by atoms with Gasteiger partial charge in [-0.05, 0) is 6.92 Å². The molecule has 64 valence electrons. The first-order valence-corrected chi connectivity index (χ1v) is 3.77. The van der Waals surface area contributed by atoms with Crippen molar-refractivity contribution in [3.05, 3.63) is 0 Å². The van der Waals surface area contributed by atoms with Crippen LogP contribution in [0.25, 0.3) is 0 Å². The third-order valence-electron chi connectivity index (χ3n) is 1.85. The smallest absolute Gasteiger partial charge is 0.248 e. The van der Waals surface area contributed by atoms with Gasteiger partial charge in [0.15, 0.2) is 0 Å². The normalized spacial score (nSPS) is 25.8. The lowest BCUT2D eigenvalue weighted by molar-refractivity contribution is -0.149. The molecule has 1 amide bonds. The summed E-state index contributed by atoms with van der Waals surface area (Å²) in [5.74, 6) is -0.0298. The molecule has 1 aliphatic rings. The first-order chi connectivity index (χ1) is 5.29. The number of hydrogen-bond donors (Lipinski definition) is 1. The number of aliphatic hydroxyl groups is 1. The van der Waals surface area contributed by atoms with Gasteiger partial charge in [-0.15, -0.1) is 0 Å². The molecule has 1 aliphatic heterocycles. The lowest BCUT2D eigenvalue weighted by Gasteiger charge is -2.33. The fraction of sp³-hybridized carbons (Fsp3) is 0.857. The highest BCUT2D eigenvalue weighted by atomic mass is 16.5. The number of carbonyl (C=O) groups is 1. The Kier molecular flexibility index (Phi) is 2.84. The summed E-state index contributed by atoms with van der Waals surface area (Å²) < 4.78 is 4.97. The molecule has 1 N–H and O–H groups in total. The molecule has 1 unspecified atom stereocenters. The molecule has 1 fully saturated rings. The Labute approximate surface area is 65.8 Å². The fourth-order valence-corrected chi connectivity index (χ4v) is 1.24. The topological polar surface area (TPSA) is 49.8 Å². The molecule has 1 saturated heterocycles. The third-order valence-corrected chi connectivity index (χ3v) is 1.85. The van der Waals surface area contributed by atoms with Gasteiger partial charge in [0.1, 0.15) is 6.61 Å². The van der Waals surface area contributed by atoms with Gasteiger partial charge in [-0.25, -0.2) is 0 Å². The maximum absolute atomic E-state index is 11.1. The van der Waals surface area contributed by atoms with E-state index < -0.39 is 0 Å². The predicted molar refractivity (Wildman–Crippen MR) is 39.1 cm³/mol. The highest BCUT2D eigenvalue weighted by molar-refractivity contribution is 5.78. The van der Waals surface area contributed by atoms with Gasteiger partial charge in [0.05, 0.1) is 19.3 Å². The zero-order chi connectivity index (χ0) is 8.27. The number of morpholine rings is 1. The Morgan fingerprint density at radius 1 is 1.82 bits per heavy atom. The van der Waals surface area contributed by atoms with Crippen LogP contribution in [-0.4, -0.2) is 48.3 Å². The maximum atomic E-state index is 11.1. The molecular formula is C7H13NO3. The minimum absolute atomic E-state index is 0.0143. The second kappa shape index (κ2) is 3.69. The molecule has 0 saturated carbocycles. The Hall–Kier alpha value is -0.610. The number of hydrogen-bond acceptors (Lipinski definition) is 3. The van der Waals surface area contributed by atoms with Crippen molar-refractivity contribution in [2.24, 2.45) is 0 Å². The van der Waals surface area contributed by atoms with Crippen molar-refractivity contribution in [2.75, 3.05) is 26.4 Å². The molecule has 0 radical (unpaired) electrons. The number of likely N-dealkylation sites (N-methyl/N-ethyl adjacent to an activating group) is 1. The van der Waals surface area contributed by atoms with E-state index in [1.165, 1.54) is 0 Å². The van der Waals surface area contributed by atoms with Gasteiger partial charge in [-0.2, -0.15) is 0 Å². The summed E-state index contributed by atoms with van der Waals surface area (Å²) in [5, 5.41) is 8.84. The fourth-order valence-electron chi connectivity index (χ4n) is 1.24. The first kappa shape index (κ1) is 8.49. The highest BCUT2D eigenvalue weighted by Crippen LogP contribution is 2.06. The van der Waals surface area contributed by atoms with Crippen LogP contribution >= 0.6 is 0 Å². The summed E-state index contributed by atoms with van der Waals surface area (Å²) in [4.78, 5) is 12.7. The standard InChI is InChI=1S/C7H13NO3/c1-2-8-6(3-9)4-11-5-7(8)10/h6,9H,2-5H2,1H3. The summed E-state index contributed by atoms with van der Waals surface area (Å²) >= 11 is 0. The Bertz CT molecular complexity index is 149. The van der Waals surface area contributed by atoms with Crippen LogP contribution in [-0.2, 0) is 9.53 Å². The largest absolute Gasteiger partial charge is 0.394 e. The van der Waals surface area contributed by atoms with Crippen molar-refractivity contribution in [1.82, 2.24) is 4.90 Å². The summed E-state index contributed by atoms with van der Waals surface area (Å²) in [5.41, 5.74) is 0. The number of aliphatic hydroxyl groups excluding tert-OH is 1. The summed E-state index contributed by atoms with van der Waals surface area (Å²) in [6, 6.07) is -0.138. The van der Waals surface area contributed by atoms with E-state index in [1.54, 1.807) is 4.90 Å². The second-order valence-corrected chi connectivity index (χ2v) is 2.53. The molecule has 11 heavy (non-hydrogen) atoms. The van der Waals surface area contributed by atoms with Crippen LogP contribution in [0, 0.1) is 0 Å². The zero-order valence-corrected chi connectivity index (χ0v) is 6.62. The van der Waals surface area contributed by atoms with E-state index in [9.17, 15) is 4.79 Å². The summed E-state index contributed by atoms with van der Waals surface area (Å²) in [6.45, 7) is 3.14. The highest BCUT2D eigenvalue weighted by Gasteiger charge is 2.26. The minimum atomic E-state index is -0.138. The van der Waals surface area contributed by atoms with Gasteiger partial charge in [-0.3, -0.25) is 4.79 Å². The molecule has 1 rings (SSSR count).